The molecule has 170 valence electrons. The number of carbonyl (C=O) groups excluding carboxylic acids is 2. The van der Waals surface area contributed by atoms with E-state index < -0.39 is 17.7 Å². The lowest BCUT2D eigenvalue weighted by Crippen LogP contribution is -2.38. The van der Waals surface area contributed by atoms with Gasteiger partial charge in [-0.3, -0.25) is 9.78 Å². The van der Waals surface area contributed by atoms with Crippen LogP contribution in [0, 0.1) is 6.92 Å². The molecule has 1 aliphatic rings. The molecular formula is C22H23Cl2N3O5. The summed E-state index contributed by atoms with van der Waals surface area (Å²) in [6, 6.07) is 4.67. The number of carboxylic acid groups (broad SMARTS) is 1. The molecule has 0 atom stereocenters. The summed E-state index contributed by atoms with van der Waals surface area (Å²) in [6.07, 6.45) is -0.586. The minimum Gasteiger partial charge on any atom is -0.478 e. The summed E-state index contributed by atoms with van der Waals surface area (Å²) in [4.78, 5) is 43.0. The first-order valence-corrected chi connectivity index (χ1v) is 10.6. The highest BCUT2D eigenvalue weighted by Gasteiger charge is 2.36. The molecule has 0 saturated carbocycles. The van der Waals surface area contributed by atoms with E-state index in [0.29, 0.717) is 16.3 Å². The van der Waals surface area contributed by atoms with Gasteiger partial charge in [0.05, 0.1) is 29.1 Å². The predicted molar refractivity (Wildman–Crippen MR) is 120 cm³/mol. The van der Waals surface area contributed by atoms with Gasteiger partial charge >= 0.3 is 12.1 Å². The molecule has 3 rings (SSSR count). The number of hydrogen-bond acceptors (Lipinski definition) is 5. The molecule has 0 aliphatic carbocycles. The van der Waals surface area contributed by atoms with Crippen LogP contribution in [0.2, 0.25) is 10.0 Å². The average Bonchev–Trinajstić information content (AvgIpc) is 2.94. The minimum absolute atomic E-state index is 0.0879. The van der Waals surface area contributed by atoms with Crippen molar-refractivity contribution in [1.82, 2.24) is 15.2 Å². The van der Waals surface area contributed by atoms with Crippen molar-refractivity contribution in [2.24, 2.45) is 0 Å². The number of aryl methyl sites for hydroxylation is 1. The van der Waals surface area contributed by atoms with E-state index in [9.17, 15) is 19.5 Å². The number of carboxylic acids is 1. The highest BCUT2D eigenvalue weighted by Crippen LogP contribution is 2.39. The van der Waals surface area contributed by atoms with Gasteiger partial charge in [-0.2, -0.15) is 0 Å². The van der Waals surface area contributed by atoms with E-state index in [1.54, 1.807) is 39.8 Å². The second-order valence-corrected chi connectivity index (χ2v) is 9.20. The Labute approximate surface area is 195 Å². The van der Waals surface area contributed by atoms with Crippen molar-refractivity contribution in [2.75, 3.05) is 13.1 Å². The number of fused-ring (bicyclic) bond motifs is 1. The van der Waals surface area contributed by atoms with Gasteiger partial charge in [-0.25, -0.2) is 9.59 Å². The molecule has 2 N–H and O–H groups in total. The first kappa shape index (κ1) is 23.8. The van der Waals surface area contributed by atoms with Gasteiger partial charge < -0.3 is 20.1 Å². The topological polar surface area (TPSA) is 109 Å². The molecular weight excluding hydrogens is 457 g/mol. The number of aromatic carboxylic acids is 1. The molecule has 1 aromatic heterocycles. The van der Waals surface area contributed by atoms with Crippen LogP contribution in [0.5, 0.6) is 0 Å². The van der Waals surface area contributed by atoms with Gasteiger partial charge in [-0.15, -0.1) is 0 Å². The molecule has 1 aromatic carbocycles. The first-order valence-electron chi connectivity index (χ1n) is 9.87. The molecule has 32 heavy (non-hydrogen) atoms. The van der Waals surface area contributed by atoms with Crippen molar-refractivity contribution < 1.29 is 24.2 Å². The molecule has 0 fully saturated rings. The van der Waals surface area contributed by atoms with Crippen LogP contribution < -0.4 is 5.32 Å². The summed E-state index contributed by atoms with van der Waals surface area (Å²) in [5.74, 6) is -1.60. The standard InChI is InChI=1S/C22H23Cl2N3O5/c1-11-16(20(29)30)17(13-6-5-12(23)9-14(13)24)18-15(26-11)10-27(19(18)28)8-7-25-21(31)32-22(2,3)4/h5-6,9H,7-8,10H2,1-4H3,(H,25,31)(H,29,30). The van der Waals surface area contributed by atoms with Crippen LogP contribution in [-0.4, -0.2) is 51.7 Å². The Hall–Kier alpha value is -2.84. The molecule has 0 unspecified atom stereocenters. The number of pyridine rings is 1. The molecule has 0 bridgehead atoms. The summed E-state index contributed by atoms with van der Waals surface area (Å²) in [6.45, 7) is 7.39. The molecule has 8 nitrogen and oxygen atoms in total. The number of carbonyl (C=O) groups is 3. The van der Waals surface area contributed by atoms with Crippen LogP contribution in [0.15, 0.2) is 18.2 Å². The zero-order valence-corrected chi connectivity index (χ0v) is 19.6. The second kappa shape index (κ2) is 8.96. The Bertz CT molecular complexity index is 1110. The summed E-state index contributed by atoms with van der Waals surface area (Å²) < 4.78 is 5.19. The Balaban J connectivity index is 1.93. The summed E-state index contributed by atoms with van der Waals surface area (Å²) in [5, 5.41) is 13.1. The number of benzene rings is 1. The third-order valence-corrected chi connectivity index (χ3v) is 5.31. The SMILES string of the molecule is Cc1nc2c(c(-c3ccc(Cl)cc3Cl)c1C(=O)O)C(=O)N(CCNC(=O)OC(C)(C)C)C2. The summed E-state index contributed by atoms with van der Waals surface area (Å²) >= 11 is 12.4. The fraction of sp³-hybridized carbons (Fsp3) is 0.364. The fourth-order valence-electron chi connectivity index (χ4n) is 3.53. The normalized spacial score (nSPS) is 13.2. The minimum atomic E-state index is -1.21. The maximum atomic E-state index is 13.2. The number of nitrogens with one attached hydrogen (secondary N) is 1. The summed E-state index contributed by atoms with van der Waals surface area (Å²) in [5.41, 5.74) is 0.802. The molecule has 2 heterocycles. The zero-order valence-electron chi connectivity index (χ0n) is 18.1. The number of amides is 2. The van der Waals surface area contributed by atoms with E-state index in [4.69, 9.17) is 27.9 Å². The van der Waals surface area contributed by atoms with Gasteiger partial charge in [0.1, 0.15) is 5.60 Å². The number of rotatable bonds is 5. The number of hydrogen-bond donors (Lipinski definition) is 2. The molecule has 10 heteroatoms. The smallest absolute Gasteiger partial charge is 0.407 e. The Morgan fingerprint density at radius 1 is 1.25 bits per heavy atom. The Morgan fingerprint density at radius 2 is 1.94 bits per heavy atom. The van der Waals surface area contributed by atoms with E-state index in [2.05, 4.69) is 10.3 Å². The van der Waals surface area contributed by atoms with Gasteiger partial charge in [0, 0.05) is 34.3 Å². The van der Waals surface area contributed by atoms with Crippen LogP contribution in [0.3, 0.4) is 0 Å². The largest absolute Gasteiger partial charge is 0.478 e. The van der Waals surface area contributed by atoms with Gasteiger partial charge in [0.25, 0.3) is 5.91 Å². The third kappa shape index (κ3) is 4.97. The van der Waals surface area contributed by atoms with Crippen LogP contribution >= 0.6 is 23.2 Å². The Kier molecular flexibility index (Phi) is 6.67. The summed E-state index contributed by atoms with van der Waals surface area (Å²) in [7, 11) is 0. The maximum Gasteiger partial charge on any atom is 0.407 e. The van der Waals surface area contributed by atoms with E-state index in [1.165, 1.54) is 11.0 Å². The molecule has 0 spiro atoms. The van der Waals surface area contributed by atoms with E-state index in [-0.39, 0.29) is 52.9 Å². The number of aromatic nitrogens is 1. The monoisotopic (exact) mass is 479 g/mol. The van der Waals surface area contributed by atoms with Crippen LogP contribution in [0.4, 0.5) is 4.79 Å². The lowest BCUT2D eigenvalue weighted by Gasteiger charge is -2.21. The van der Waals surface area contributed by atoms with Crippen molar-refractivity contribution in [3.05, 3.63) is 50.8 Å². The van der Waals surface area contributed by atoms with E-state index >= 15 is 0 Å². The Morgan fingerprint density at radius 3 is 2.53 bits per heavy atom. The van der Waals surface area contributed by atoms with Crippen LogP contribution in [0.25, 0.3) is 11.1 Å². The highest BCUT2D eigenvalue weighted by molar-refractivity contribution is 6.37. The van der Waals surface area contributed by atoms with E-state index in [0.717, 1.165) is 0 Å². The number of nitrogens with zero attached hydrogens (tertiary/aromatic N) is 2. The molecule has 1 aliphatic heterocycles. The zero-order chi connectivity index (χ0) is 23.8. The number of ether oxygens (including phenoxy) is 1. The van der Waals surface area contributed by atoms with E-state index in [1.807, 2.05) is 0 Å². The lowest BCUT2D eigenvalue weighted by molar-refractivity contribution is 0.0514. The fourth-order valence-corrected chi connectivity index (χ4v) is 4.03. The van der Waals surface area contributed by atoms with Crippen molar-refractivity contribution in [3.63, 3.8) is 0 Å². The van der Waals surface area contributed by atoms with Crippen molar-refractivity contribution in [3.8, 4) is 11.1 Å². The molecule has 0 saturated heterocycles. The van der Waals surface area contributed by atoms with Crippen molar-refractivity contribution in [1.29, 1.82) is 0 Å². The molecule has 0 radical (unpaired) electrons. The van der Waals surface area contributed by atoms with Gasteiger partial charge in [-0.1, -0.05) is 29.3 Å². The first-order chi connectivity index (χ1) is 14.9. The predicted octanol–water partition coefficient (Wildman–Crippen LogP) is 4.54. The van der Waals surface area contributed by atoms with Crippen LogP contribution in [-0.2, 0) is 11.3 Å². The van der Waals surface area contributed by atoms with Gasteiger partial charge in [0.2, 0.25) is 0 Å². The second-order valence-electron chi connectivity index (χ2n) is 8.35. The maximum absolute atomic E-state index is 13.2. The third-order valence-electron chi connectivity index (χ3n) is 4.76. The average molecular weight is 480 g/mol. The van der Waals surface area contributed by atoms with Gasteiger partial charge in [0.15, 0.2) is 0 Å². The highest BCUT2D eigenvalue weighted by atomic mass is 35.5. The van der Waals surface area contributed by atoms with Crippen molar-refractivity contribution in [2.45, 2.75) is 39.8 Å². The van der Waals surface area contributed by atoms with Crippen molar-refractivity contribution >= 4 is 41.2 Å². The van der Waals surface area contributed by atoms with Gasteiger partial charge in [-0.05, 0) is 39.8 Å². The van der Waals surface area contributed by atoms with Crippen LogP contribution in [0.1, 0.15) is 52.9 Å². The number of alkyl carbamates (subject to hydrolysis) is 1. The lowest BCUT2D eigenvalue weighted by atomic mass is 9.93. The number of halogens is 2. The quantitative estimate of drug-likeness (QED) is 0.651. The molecule has 2 amide bonds. The molecule has 2 aromatic rings.